The molecule has 2 aliphatic carbocycles. The third-order valence-electron chi connectivity index (χ3n) is 11.2. The second-order valence-electron chi connectivity index (χ2n) is 14.3. The fourth-order valence-electron chi connectivity index (χ4n) is 8.63. The van der Waals surface area contributed by atoms with Gasteiger partial charge in [0.2, 0.25) is 0 Å². The van der Waals surface area contributed by atoms with Gasteiger partial charge in [-0.15, -0.1) is 11.3 Å². The highest BCUT2D eigenvalue weighted by atomic mass is 32.1. The lowest BCUT2D eigenvalue weighted by Gasteiger charge is -2.30. The molecule has 4 heteroatoms. The molecule has 2 atom stereocenters. The van der Waals surface area contributed by atoms with E-state index >= 15 is 0 Å². The van der Waals surface area contributed by atoms with E-state index in [1.165, 1.54) is 67.3 Å². The first-order chi connectivity index (χ1) is 25.7. The highest BCUT2D eigenvalue weighted by Gasteiger charge is 2.42. The van der Waals surface area contributed by atoms with E-state index in [9.17, 15) is 0 Å². The average molecular weight is 687 g/mol. The number of benzene rings is 6. The summed E-state index contributed by atoms with van der Waals surface area (Å²) in [6.45, 7) is 0. The monoisotopic (exact) mass is 686 g/mol. The molecule has 1 aliphatic heterocycles. The minimum atomic E-state index is -0.0369. The van der Waals surface area contributed by atoms with Gasteiger partial charge >= 0.3 is 0 Å². The predicted molar refractivity (Wildman–Crippen MR) is 216 cm³/mol. The van der Waals surface area contributed by atoms with E-state index in [1.54, 1.807) is 11.3 Å². The van der Waals surface area contributed by atoms with Gasteiger partial charge in [-0.25, -0.2) is 9.97 Å². The summed E-state index contributed by atoms with van der Waals surface area (Å²) >= 11 is 1.77. The minimum Gasteiger partial charge on any atom is -0.484 e. The number of nitrogens with zero attached hydrogens (tertiary/aromatic N) is 2. The molecule has 52 heavy (non-hydrogen) atoms. The molecule has 6 aromatic carbocycles. The molecule has 3 aliphatic rings. The summed E-state index contributed by atoms with van der Waals surface area (Å²) < 4.78 is 9.27. The maximum absolute atomic E-state index is 6.94. The van der Waals surface area contributed by atoms with Crippen molar-refractivity contribution >= 4 is 48.5 Å². The molecule has 0 N–H and O–H groups in total. The first kappa shape index (κ1) is 29.8. The number of fused-ring (bicyclic) bond motifs is 9. The third kappa shape index (κ3) is 4.78. The fourth-order valence-corrected chi connectivity index (χ4v) is 9.78. The molecule has 0 fully saturated rings. The van der Waals surface area contributed by atoms with E-state index in [4.69, 9.17) is 14.7 Å². The van der Waals surface area contributed by atoms with E-state index < -0.39 is 0 Å². The van der Waals surface area contributed by atoms with E-state index in [-0.39, 0.29) is 12.0 Å². The van der Waals surface area contributed by atoms with Gasteiger partial charge < -0.3 is 4.74 Å². The van der Waals surface area contributed by atoms with Crippen molar-refractivity contribution in [2.75, 3.05) is 0 Å². The lowest BCUT2D eigenvalue weighted by molar-refractivity contribution is 0.220. The van der Waals surface area contributed by atoms with Gasteiger partial charge in [0.25, 0.3) is 0 Å². The molecule has 0 amide bonds. The van der Waals surface area contributed by atoms with Crippen LogP contribution in [0.5, 0.6) is 5.75 Å². The topological polar surface area (TPSA) is 35.0 Å². The molecule has 0 spiro atoms. The van der Waals surface area contributed by atoms with Gasteiger partial charge in [0.15, 0.2) is 5.82 Å². The summed E-state index contributed by atoms with van der Waals surface area (Å²) in [5.41, 5.74) is 13.1. The molecule has 0 bridgehead atoms. The maximum atomic E-state index is 6.94. The average Bonchev–Trinajstić information content (AvgIpc) is 3.79. The quantitative estimate of drug-likeness (QED) is 0.185. The van der Waals surface area contributed by atoms with Crippen LogP contribution >= 0.6 is 11.3 Å². The number of thiophene rings is 1. The molecule has 2 aromatic heterocycles. The van der Waals surface area contributed by atoms with E-state index in [2.05, 4.69) is 146 Å². The third-order valence-corrected chi connectivity index (χ3v) is 12.4. The Kier molecular flexibility index (Phi) is 6.81. The zero-order chi connectivity index (χ0) is 34.2. The van der Waals surface area contributed by atoms with Crippen molar-refractivity contribution in [2.24, 2.45) is 0 Å². The number of rotatable bonds is 4. The summed E-state index contributed by atoms with van der Waals surface area (Å²) in [4.78, 5) is 10.6. The van der Waals surface area contributed by atoms with Crippen LogP contribution in [0.4, 0.5) is 0 Å². The summed E-state index contributed by atoms with van der Waals surface area (Å²) in [6, 6.07) is 48.0. The van der Waals surface area contributed by atoms with E-state index in [0.717, 1.165) is 56.8 Å². The van der Waals surface area contributed by atoms with Crippen LogP contribution in [-0.4, -0.2) is 9.97 Å². The number of hydrogen-bond donors (Lipinski definition) is 0. The Morgan fingerprint density at radius 2 is 1.42 bits per heavy atom. The van der Waals surface area contributed by atoms with Gasteiger partial charge in [-0.05, 0) is 82.5 Å². The fraction of sp³-hybridized carbons (Fsp3) is 0.125. The Bertz CT molecular complexity index is 2790. The van der Waals surface area contributed by atoms with Crippen LogP contribution in [-0.2, 0) is 0 Å². The summed E-state index contributed by atoms with van der Waals surface area (Å²) in [5, 5.41) is 3.66. The van der Waals surface area contributed by atoms with E-state index in [1.807, 2.05) is 0 Å². The lowest BCUT2D eigenvalue weighted by Crippen LogP contribution is -2.18. The first-order valence-electron chi connectivity index (χ1n) is 18.3. The molecular weight excluding hydrogens is 653 g/mol. The van der Waals surface area contributed by atoms with Crippen molar-refractivity contribution in [1.29, 1.82) is 0 Å². The molecule has 3 nitrogen and oxygen atoms in total. The van der Waals surface area contributed by atoms with Crippen LogP contribution in [0, 0.1) is 0 Å². The van der Waals surface area contributed by atoms with Crippen LogP contribution < -0.4 is 4.74 Å². The number of aromatic nitrogens is 2. The molecular formula is C48H34N2OS. The van der Waals surface area contributed by atoms with Gasteiger partial charge in [-0.1, -0.05) is 127 Å². The van der Waals surface area contributed by atoms with E-state index in [0.29, 0.717) is 0 Å². The molecule has 0 saturated carbocycles. The van der Waals surface area contributed by atoms with Gasteiger partial charge in [0.05, 0.1) is 21.8 Å². The van der Waals surface area contributed by atoms with Crippen molar-refractivity contribution in [3.63, 3.8) is 0 Å². The van der Waals surface area contributed by atoms with Crippen molar-refractivity contribution in [2.45, 2.75) is 37.7 Å². The lowest BCUT2D eigenvalue weighted by atomic mass is 9.74. The Morgan fingerprint density at radius 3 is 2.33 bits per heavy atom. The largest absolute Gasteiger partial charge is 0.484 e. The van der Waals surface area contributed by atoms with Crippen molar-refractivity contribution in [3.8, 4) is 39.5 Å². The summed E-state index contributed by atoms with van der Waals surface area (Å²) in [5.74, 6) is 1.84. The van der Waals surface area contributed by atoms with Crippen LogP contribution in [0.3, 0.4) is 0 Å². The molecule has 3 heterocycles. The van der Waals surface area contributed by atoms with Gasteiger partial charge in [-0.3, -0.25) is 0 Å². The predicted octanol–water partition coefficient (Wildman–Crippen LogP) is 13.1. The first-order valence-corrected chi connectivity index (χ1v) is 19.2. The smallest absolute Gasteiger partial charge is 0.160 e. The minimum absolute atomic E-state index is 0.0369. The normalized spacial score (nSPS) is 17.7. The summed E-state index contributed by atoms with van der Waals surface area (Å²) in [7, 11) is 0. The number of ether oxygens (including phenoxy) is 1. The Morgan fingerprint density at radius 1 is 0.635 bits per heavy atom. The highest BCUT2D eigenvalue weighted by molar-refractivity contribution is 7.26. The molecule has 11 rings (SSSR count). The molecule has 0 radical (unpaired) electrons. The molecule has 8 aromatic rings. The van der Waals surface area contributed by atoms with Gasteiger partial charge in [0.1, 0.15) is 11.9 Å². The standard InChI is InChI=1S/C48H34N2OS/c1-2-11-31(12-3-1)40-27-35-14-6-7-15-37(35)46-43(40)38-25-24-36(28-41(38)51-46)48-49-44(47-45(50-48)39-16-8-9-17-42(39)52-47)32-21-18-30(19-22-32)34-23-20-29-10-4-5-13-33(29)26-34/h4-11,13-28,43,46H,1-3,12H2. The second kappa shape index (κ2) is 11.9. The Labute approximate surface area is 306 Å². The number of allylic oxidation sites excluding steroid dienone is 2. The maximum Gasteiger partial charge on any atom is 0.160 e. The zero-order valence-electron chi connectivity index (χ0n) is 28.6. The Hall–Kier alpha value is -5.84. The van der Waals surface area contributed by atoms with Crippen LogP contribution in [0.15, 0.2) is 151 Å². The SMILES string of the molecule is C1=C(C2=Cc3ccccc3C3Oc4cc(-c5nc(-c6ccc(-c7ccc8ccccc8c7)cc6)c6sc7ccccc7c6n5)ccc4C23)CCCC1. The van der Waals surface area contributed by atoms with Gasteiger partial charge in [-0.2, -0.15) is 0 Å². The summed E-state index contributed by atoms with van der Waals surface area (Å²) in [6.07, 6.45) is 9.68. The van der Waals surface area contributed by atoms with Crippen LogP contribution in [0.25, 0.3) is 70.9 Å². The van der Waals surface area contributed by atoms with Crippen LogP contribution in [0.1, 0.15) is 54.4 Å². The highest BCUT2D eigenvalue weighted by Crippen LogP contribution is 2.56. The Balaban J connectivity index is 1.02. The molecule has 2 unspecified atom stereocenters. The second-order valence-corrected chi connectivity index (χ2v) is 15.3. The van der Waals surface area contributed by atoms with Gasteiger partial charge in [0, 0.05) is 32.3 Å². The zero-order valence-corrected chi connectivity index (χ0v) is 29.4. The van der Waals surface area contributed by atoms with Crippen molar-refractivity contribution < 1.29 is 4.74 Å². The van der Waals surface area contributed by atoms with Crippen LogP contribution in [0.2, 0.25) is 0 Å². The molecule has 0 saturated heterocycles. The van der Waals surface area contributed by atoms with Crippen molar-refractivity contribution in [1.82, 2.24) is 9.97 Å². The van der Waals surface area contributed by atoms with Crippen molar-refractivity contribution in [3.05, 3.63) is 167 Å². The molecule has 248 valence electrons. The number of hydrogen-bond acceptors (Lipinski definition) is 4.